The zero-order valence-corrected chi connectivity index (χ0v) is 34.0. The number of nitrogens with one attached hydrogen (secondary N) is 4. The first-order valence-electron chi connectivity index (χ1n) is 21.5. The highest BCUT2D eigenvalue weighted by Crippen LogP contribution is 2.56. The maximum atomic E-state index is 14.3. The second-order valence-electron chi connectivity index (χ2n) is 17.7. The van der Waals surface area contributed by atoms with E-state index in [4.69, 9.17) is 20.9 Å². The normalized spacial score (nSPS) is 37.0. The summed E-state index contributed by atoms with van der Waals surface area (Å²) in [5.74, 6) is -2.64. The molecule has 4 saturated carbocycles. The number of nitrogens with two attached hydrogens (primary N) is 2. The fourth-order valence-electron chi connectivity index (χ4n) is 10.0. The average molecular weight is 774 g/mol. The van der Waals surface area contributed by atoms with Crippen molar-refractivity contribution in [3.05, 3.63) is 0 Å². The number of carbonyl (C=O) groups excluding carboxylic acids is 5. The van der Waals surface area contributed by atoms with Crippen LogP contribution in [0.4, 0.5) is 0 Å². The number of amides is 5. The summed E-state index contributed by atoms with van der Waals surface area (Å²) in [6, 6.07) is -3.78. The highest BCUT2D eigenvalue weighted by Gasteiger charge is 2.52. The third kappa shape index (κ3) is 11.4. The van der Waals surface area contributed by atoms with Crippen LogP contribution >= 0.6 is 0 Å². The largest absolute Gasteiger partial charge is 0.375 e. The first kappa shape index (κ1) is 43.3. The van der Waals surface area contributed by atoms with Crippen molar-refractivity contribution in [3.63, 3.8) is 0 Å². The van der Waals surface area contributed by atoms with Crippen LogP contribution in [0.25, 0.3) is 0 Å². The first-order chi connectivity index (χ1) is 26.3. The lowest BCUT2D eigenvalue weighted by Crippen LogP contribution is -2.62. The van der Waals surface area contributed by atoms with E-state index in [1.54, 1.807) is 14.0 Å². The molecular weight excluding hydrogens is 702 g/mol. The maximum Gasteiger partial charge on any atom is 0.246 e. The summed E-state index contributed by atoms with van der Waals surface area (Å²) in [5, 5.41) is 11.6. The van der Waals surface area contributed by atoms with Gasteiger partial charge in [-0.15, -0.1) is 0 Å². The Bertz CT molecular complexity index is 1310. The van der Waals surface area contributed by atoms with Crippen molar-refractivity contribution < 1.29 is 33.4 Å². The number of hydrogen-bond acceptors (Lipinski definition) is 9. The van der Waals surface area contributed by atoms with Gasteiger partial charge in [-0.3, -0.25) is 24.0 Å². The molecule has 1 aliphatic heterocycles. The lowest BCUT2D eigenvalue weighted by Gasteiger charge is -2.56. The van der Waals surface area contributed by atoms with Gasteiger partial charge in [0, 0.05) is 19.6 Å². The number of likely N-dealkylation sites (N-methyl/N-ethyl adjacent to an activating group) is 1. The average Bonchev–Trinajstić information content (AvgIpc) is 3.43. The van der Waals surface area contributed by atoms with Crippen LogP contribution in [-0.4, -0.2) is 103 Å². The van der Waals surface area contributed by atoms with E-state index >= 15 is 0 Å². The maximum absolute atomic E-state index is 14.3. The molecule has 1 heterocycles. The third-order valence-corrected chi connectivity index (χ3v) is 13.3. The molecule has 5 aliphatic rings. The number of hydrogen-bond donors (Lipinski definition) is 6. The monoisotopic (exact) mass is 774 g/mol. The van der Waals surface area contributed by atoms with E-state index in [0.717, 1.165) is 89.9 Å². The molecular formula is C41H71N7O7. The molecule has 14 nitrogen and oxygen atoms in total. The van der Waals surface area contributed by atoms with Gasteiger partial charge in [0.25, 0.3) is 0 Å². The summed E-state index contributed by atoms with van der Waals surface area (Å²) in [4.78, 5) is 72.1. The highest BCUT2D eigenvalue weighted by molar-refractivity contribution is 5.96. The van der Waals surface area contributed by atoms with Gasteiger partial charge in [-0.2, -0.15) is 0 Å². The Balaban J connectivity index is 1.43. The van der Waals surface area contributed by atoms with Gasteiger partial charge in [0.2, 0.25) is 29.5 Å². The van der Waals surface area contributed by atoms with Crippen molar-refractivity contribution in [1.29, 1.82) is 0 Å². The molecule has 8 N–H and O–H groups in total. The Labute approximate surface area is 328 Å². The minimum atomic E-state index is -1.17. The standard InChI is InChI=1S/C41H71N7O7/c1-5-13-33-38(51)47-35(28-16-11-6-7-12-17-28)39(52)45-31(23-42)36(49)46-32(24-54-30-21-41(22-30)19-29(43)20-41)37(50)44-26(3)55-34(25(2)40(53)48(33)4)18-27-14-9-8-10-15-27/h25-35H,5-24,42-43H2,1-4H3,(H,44,50)(H,45,52)(H,46,49)(H,47,51)/t25-,26+,29?,30?,31+,32+,33+,34-,35+,41?/m1/s1. The van der Waals surface area contributed by atoms with Gasteiger partial charge < -0.3 is 47.1 Å². The minimum absolute atomic E-state index is 0.0480. The molecule has 14 heteroatoms. The van der Waals surface area contributed by atoms with Crippen LogP contribution < -0.4 is 32.7 Å². The fourth-order valence-corrected chi connectivity index (χ4v) is 10.0. The van der Waals surface area contributed by atoms with Crippen molar-refractivity contribution >= 4 is 29.5 Å². The topological polar surface area (TPSA) is 207 Å². The highest BCUT2D eigenvalue weighted by atomic mass is 16.5. The van der Waals surface area contributed by atoms with Gasteiger partial charge >= 0.3 is 0 Å². The van der Waals surface area contributed by atoms with Gasteiger partial charge in [-0.25, -0.2) is 0 Å². The van der Waals surface area contributed by atoms with E-state index < -0.39 is 66.0 Å². The molecule has 4 aliphatic carbocycles. The third-order valence-electron chi connectivity index (χ3n) is 13.3. The van der Waals surface area contributed by atoms with Crippen molar-refractivity contribution in [3.8, 4) is 0 Å². The van der Waals surface area contributed by atoms with Crippen molar-refractivity contribution in [2.45, 2.75) is 185 Å². The van der Waals surface area contributed by atoms with E-state index in [0.29, 0.717) is 25.2 Å². The van der Waals surface area contributed by atoms with Crippen molar-refractivity contribution in [2.24, 2.45) is 34.6 Å². The molecule has 0 aromatic rings. The van der Waals surface area contributed by atoms with Crippen molar-refractivity contribution in [1.82, 2.24) is 26.2 Å². The molecule has 7 atom stereocenters. The molecule has 0 unspecified atom stereocenters. The van der Waals surface area contributed by atoms with E-state index in [1.165, 1.54) is 11.3 Å². The fraction of sp³-hybridized carbons (Fsp3) is 0.878. The number of rotatable bonds is 9. The number of nitrogens with zero attached hydrogens (tertiary/aromatic N) is 1. The lowest BCUT2D eigenvalue weighted by molar-refractivity contribution is -0.152. The molecule has 5 fully saturated rings. The van der Waals surface area contributed by atoms with E-state index in [9.17, 15) is 24.0 Å². The summed E-state index contributed by atoms with van der Waals surface area (Å²) in [6.07, 6.45) is 14.9. The summed E-state index contributed by atoms with van der Waals surface area (Å²) >= 11 is 0. The second kappa shape index (κ2) is 20.1. The first-order valence-corrected chi connectivity index (χ1v) is 21.5. The summed E-state index contributed by atoms with van der Waals surface area (Å²) in [5.41, 5.74) is 12.4. The lowest BCUT2D eigenvalue weighted by atomic mass is 9.53. The zero-order valence-electron chi connectivity index (χ0n) is 34.0. The Morgan fingerprint density at radius 2 is 1.38 bits per heavy atom. The predicted molar refractivity (Wildman–Crippen MR) is 209 cm³/mol. The second-order valence-corrected chi connectivity index (χ2v) is 17.7. The molecule has 0 aromatic carbocycles. The molecule has 0 aromatic heterocycles. The van der Waals surface area contributed by atoms with Crippen LogP contribution in [-0.2, 0) is 33.4 Å². The Hall–Kier alpha value is -2.81. The summed E-state index contributed by atoms with van der Waals surface area (Å²) in [6.45, 7) is 5.23. The molecule has 0 bridgehead atoms. The van der Waals surface area contributed by atoms with Crippen LogP contribution in [0.3, 0.4) is 0 Å². The number of carbonyl (C=O) groups is 5. The summed E-state index contributed by atoms with van der Waals surface area (Å²) in [7, 11) is 1.66. The number of ether oxygens (including phenoxy) is 2. The summed E-state index contributed by atoms with van der Waals surface area (Å²) < 4.78 is 12.8. The van der Waals surface area contributed by atoms with E-state index in [-0.39, 0.29) is 42.5 Å². The van der Waals surface area contributed by atoms with Crippen LogP contribution in [0, 0.1) is 23.2 Å². The van der Waals surface area contributed by atoms with E-state index in [1.807, 2.05) is 13.8 Å². The van der Waals surface area contributed by atoms with Gasteiger partial charge in [0.1, 0.15) is 30.4 Å². The van der Waals surface area contributed by atoms with Gasteiger partial charge in [-0.1, -0.05) is 78.1 Å². The van der Waals surface area contributed by atoms with Crippen LogP contribution in [0.2, 0.25) is 0 Å². The molecule has 5 amide bonds. The van der Waals surface area contributed by atoms with Gasteiger partial charge in [0.15, 0.2) is 0 Å². The van der Waals surface area contributed by atoms with Crippen molar-refractivity contribution in [2.75, 3.05) is 20.2 Å². The Kier molecular flexibility index (Phi) is 15.8. The molecule has 5 rings (SSSR count). The predicted octanol–water partition coefficient (Wildman–Crippen LogP) is 2.75. The quantitative estimate of drug-likeness (QED) is 0.190. The molecule has 312 valence electrons. The van der Waals surface area contributed by atoms with Crippen LogP contribution in [0.5, 0.6) is 0 Å². The Morgan fingerprint density at radius 1 is 0.782 bits per heavy atom. The van der Waals surface area contributed by atoms with Crippen LogP contribution in [0.1, 0.15) is 136 Å². The van der Waals surface area contributed by atoms with Crippen LogP contribution in [0.15, 0.2) is 0 Å². The molecule has 0 radical (unpaired) electrons. The Morgan fingerprint density at radius 3 is 2.00 bits per heavy atom. The molecule has 1 saturated heterocycles. The SMILES string of the molecule is CCC[C@H]1C(=O)N[C@@H](C2CCCCCC2)C(=O)N[C@@H](CN)C(=O)N[C@@H](COC2CC3(CC(N)C3)C2)C(=O)N[C@H](C)O[C@H](CC2CCCCC2)[C@@H](C)C(=O)N1C. The molecule has 1 spiro atoms. The molecule has 55 heavy (non-hydrogen) atoms. The van der Waals surface area contributed by atoms with E-state index in [2.05, 4.69) is 21.3 Å². The zero-order chi connectivity index (χ0) is 39.7. The van der Waals surface area contributed by atoms with Gasteiger partial charge in [0.05, 0.1) is 24.7 Å². The van der Waals surface area contributed by atoms with Gasteiger partial charge in [-0.05, 0) is 75.5 Å². The smallest absolute Gasteiger partial charge is 0.246 e. The minimum Gasteiger partial charge on any atom is -0.375 e.